The Morgan fingerprint density at radius 2 is 2.07 bits per heavy atom. The number of nitrogens with zero attached hydrogens (tertiary/aromatic N) is 2. The SMILES string of the molecule is COc1cccc(Nc2nnc(SCC(=O)Nc3ccc(OC(F)F)c(Cl)c3)s2)c1. The smallest absolute Gasteiger partial charge is 0.387 e. The zero-order chi connectivity index (χ0) is 21.5. The molecular weight excluding hydrogens is 458 g/mol. The van der Waals surface area contributed by atoms with Crippen molar-refractivity contribution in [1.82, 2.24) is 10.2 Å². The monoisotopic (exact) mass is 472 g/mol. The number of hydrogen-bond acceptors (Lipinski definition) is 8. The Balaban J connectivity index is 1.51. The fraction of sp³-hybridized carbons (Fsp3) is 0.167. The summed E-state index contributed by atoms with van der Waals surface area (Å²) in [4.78, 5) is 12.1. The molecule has 0 fully saturated rings. The van der Waals surface area contributed by atoms with E-state index in [9.17, 15) is 13.6 Å². The summed E-state index contributed by atoms with van der Waals surface area (Å²) >= 11 is 8.39. The predicted octanol–water partition coefficient (Wildman–Crippen LogP) is 5.28. The van der Waals surface area contributed by atoms with Crippen LogP contribution in [-0.4, -0.2) is 35.6 Å². The highest BCUT2D eigenvalue weighted by atomic mass is 35.5. The molecule has 7 nitrogen and oxygen atoms in total. The topological polar surface area (TPSA) is 85.4 Å². The molecule has 3 rings (SSSR count). The zero-order valence-corrected chi connectivity index (χ0v) is 17.8. The number of aromatic nitrogens is 2. The maximum absolute atomic E-state index is 12.3. The van der Waals surface area contributed by atoms with Gasteiger partial charge in [0.1, 0.15) is 11.5 Å². The molecule has 12 heteroatoms. The largest absolute Gasteiger partial charge is 0.497 e. The van der Waals surface area contributed by atoms with Crippen molar-refractivity contribution in [2.45, 2.75) is 11.0 Å². The highest BCUT2D eigenvalue weighted by Gasteiger charge is 2.12. The fourth-order valence-electron chi connectivity index (χ4n) is 2.24. The van der Waals surface area contributed by atoms with Gasteiger partial charge in [0.2, 0.25) is 11.0 Å². The lowest BCUT2D eigenvalue weighted by Gasteiger charge is -2.09. The molecule has 0 bridgehead atoms. The molecule has 0 saturated heterocycles. The first kappa shape index (κ1) is 22.1. The molecule has 0 saturated carbocycles. The van der Waals surface area contributed by atoms with Gasteiger partial charge in [-0.2, -0.15) is 8.78 Å². The minimum Gasteiger partial charge on any atom is -0.497 e. The van der Waals surface area contributed by atoms with E-state index in [1.807, 2.05) is 24.3 Å². The number of ether oxygens (including phenoxy) is 2. The van der Waals surface area contributed by atoms with Crippen LogP contribution in [0.3, 0.4) is 0 Å². The van der Waals surface area contributed by atoms with Crippen molar-refractivity contribution in [2.24, 2.45) is 0 Å². The van der Waals surface area contributed by atoms with Crippen molar-refractivity contribution in [3.63, 3.8) is 0 Å². The van der Waals surface area contributed by atoms with Gasteiger partial charge in [0.05, 0.1) is 17.9 Å². The Morgan fingerprint density at radius 1 is 1.23 bits per heavy atom. The molecule has 0 atom stereocenters. The van der Waals surface area contributed by atoms with Crippen molar-refractivity contribution in [3.8, 4) is 11.5 Å². The highest BCUT2D eigenvalue weighted by molar-refractivity contribution is 8.01. The standard InChI is InChI=1S/C18H15ClF2N4O3S2/c1-27-12-4-2-3-10(7-12)23-17-24-25-18(30-17)29-9-15(26)22-11-5-6-14(13(19)8-11)28-16(20)21/h2-8,16H,9H2,1H3,(H,22,26)(H,23,24). The van der Waals surface area contributed by atoms with Gasteiger partial charge in [-0.15, -0.1) is 10.2 Å². The van der Waals surface area contributed by atoms with Gasteiger partial charge < -0.3 is 20.1 Å². The van der Waals surface area contributed by atoms with E-state index in [0.29, 0.717) is 20.9 Å². The minimum atomic E-state index is -2.98. The van der Waals surface area contributed by atoms with Crippen molar-refractivity contribution in [2.75, 3.05) is 23.5 Å². The van der Waals surface area contributed by atoms with E-state index in [1.165, 1.54) is 41.3 Å². The van der Waals surface area contributed by atoms with Gasteiger partial charge in [0.15, 0.2) is 4.34 Å². The average molecular weight is 473 g/mol. The number of methoxy groups -OCH3 is 1. The molecule has 1 heterocycles. The Kier molecular flexibility index (Phi) is 7.66. The second-order valence-electron chi connectivity index (χ2n) is 5.59. The maximum atomic E-state index is 12.3. The Morgan fingerprint density at radius 3 is 2.80 bits per heavy atom. The van der Waals surface area contributed by atoms with Crippen LogP contribution in [0.5, 0.6) is 11.5 Å². The summed E-state index contributed by atoms with van der Waals surface area (Å²) in [5.74, 6) is 0.325. The van der Waals surface area contributed by atoms with E-state index >= 15 is 0 Å². The summed E-state index contributed by atoms with van der Waals surface area (Å²) in [6, 6.07) is 11.4. The summed E-state index contributed by atoms with van der Waals surface area (Å²) < 4.78 is 34.6. The molecule has 1 amide bonds. The number of hydrogen-bond donors (Lipinski definition) is 2. The zero-order valence-electron chi connectivity index (χ0n) is 15.4. The van der Waals surface area contributed by atoms with Crippen LogP contribution in [0.25, 0.3) is 0 Å². The van der Waals surface area contributed by atoms with Crippen LogP contribution in [-0.2, 0) is 4.79 Å². The molecule has 0 aliphatic heterocycles. The quantitative estimate of drug-likeness (QED) is 0.410. The summed E-state index contributed by atoms with van der Waals surface area (Å²) in [5, 5.41) is 14.4. The van der Waals surface area contributed by atoms with Crippen LogP contribution in [0.2, 0.25) is 5.02 Å². The van der Waals surface area contributed by atoms with Gasteiger partial charge in [-0.3, -0.25) is 4.79 Å². The molecule has 2 aromatic carbocycles. The second-order valence-corrected chi connectivity index (χ2v) is 8.20. The van der Waals surface area contributed by atoms with Crippen LogP contribution >= 0.6 is 34.7 Å². The minimum absolute atomic E-state index is 0.0295. The summed E-state index contributed by atoms with van der Waals surface area (Å²) in [6.45, 7) is -2.98. The second kappa shape index (κ2) is 10.4. The van der Waals surface area contributed by atoms with Gasteiger partial charge in [-0.25, -0.2) is 0 Å². The van der Waals surface area contributed by atoms with Gasteiger partial charge in [0.25, 0.3) is 0 Å². The van der Waals surface area contributed by atoms with Crippen molar-refractivity contribution >= 4 is 57.1 Å². The summed E-state index contributed by atoms with van der Waals surface area (Å²) in [6.07, 6.45) is 0. The molecule has 0 spiro atoms. The first-order valence-corrected chi connectivity index (χ1v) is 10.5. The van der Waals surface area contributed by atoms with Gasteiger partial charge in [-0.1, -0.05) is 40.8 Å². The van der Waals surface area contributed by atoms with E-state index in [1.54, 1.807) is 7.11 Å². The van der Waals surface area contributed by atoms with E-state index in [2.05, 4.69) is 25.6 Å². The molecular formula is C18H15ClF2N4O3S2. The van der Waals surface area contributed by atoms with Gasteiger partial charge in [0, 0.05) is 17.4 Å². The van der Waals surface area contributed by atoms with E-state index < -0.39 is 6.61 Å². The molecule has 1 aromatic heterocycles. The summed E-state index contributed by atoms with van der Waals surface area (Å²) in [5.41, 5.74) is 1.17. The van der Waals surface area contributed by atoms with Crippen LogP contribution in [0.4, 0.5) is 25.3 Å². The third kappa shape index (κ3) is 6.44. The molecule has 2 N–H and O–H groups in total. The highest BCUT2D eigenvalue weighted by Crippen LogP contribution is 2.30. The first-order valence-electron chi connectivity index (χ1n) is 8.34. The molecule has 0 aliphatic rings. The number of halogens is 3. The van der Waals surface area contributed by atoms with E-state index in [0.717, 1.165) is 5.69 Å². The molecule has 30 heavy (non-hydrogen) atoms. The number of anilines is 3. The maximum Gasteiger partial charge on any atom is 0.387 e. The fourth-order valence-corrected chi connectivity index (χ4v) is 4.03. The Bertz CT molecular complexity index is 1020. The number of alkyl halides is 2. The van der Waals surface area contributed by atoms with Crippen molar-refractivity contribution in [3.05, 3.63) is 47.5 Å². The van der Waals surface area contributed by atoms with Crippen LogP contribution in [0.1, 0.15) is 0 Å². The van der Waals surface area contributed by atoms with Crippen LogP contribution < -0.4 is 20.1 Å². The lowest BCUT2D eigenvalue weighted by Crippen LogP contribution is -2.14. The Labute approximate surface area is 183 Å². The van der Waals surface area contributed by atoms with Crippen LogP contribution in [0.15, 0.2) is 46.8 Å². The lowest BCUT2D eigenvalue weighted by molar-refractivity contribution is -0.113. The van der Waals surface area contributed by atoms with Crippen molar-refractivity contribution < 1.29 is 23.0 Å². The molecule has 0 aliphatic carbocycles. The number of benzene rings is 2. The number of nitrogens with one attached hydrogen (secondary N) is 2. The van der Waals surface area contributed by atoms with E-state index in [-0.39, 0.29) is 22.4 Å². The predicted molar refractivity (Wildman–Crippen MR) is 114 cm³/mol. The van der Waals surface area contributed by atoms with Crippen LogP contribution in [0, 0.1) is 0 Å². The number of thioether (sulfide) groups is 1. The number of carbonyl (C=O) groups is 1. The summed E-state index contributed by atoms with van der Waals surface area (Å²) in [7, 11) is 1.59. The lowest BCUT2D eigenvalue weighted by atomic mass is 10.3. The molecule has 0 radical (unpaired) electrons. The van der Waals surface area contributed by atoms with Gasteiger partial charge >= 0.3 is 6.61 Å². The first-order chi connectivity index (χ1) is 14.4. The molecule has 3 aromatic rings. The number of rotatable bonds is 9. The third-order valence-corrected chi connectivity index (χ3v) is 5.75. The number of amides is 1. The Hall–Kier alpha value is -2.63. The molecule has 0 unspecified atom stereocenters. The van der Waals surface area contributed by atoms with E-state index in [4.69, 9.17) is 16.3 Å². The number of carbonyl (C=O) groups excluding carboxylic acids is 1. The third-order valence-electron chi connectivity index (χ3n) is 3.49. The normalized spacial score (nSPS) is 10.7. The molecule has 158 valence electrons. The van der Waals surface area contributed by atoms with Gasteiger partial charge in [-0.05, 0) is 30.3 Å². The van der Waals surface area contributed by atoms with Crippen molar-refractivity contribution in [1.29, 1.82) is 0 Å². The average Bonchev–Trinajstić information content (AvgIpc) is 3.16.